The second-order valence-corrected chi connectivity index (χ2v) is 9.34. The molecule has 1 unspecified atom stereocenters. The monoisotopic (exact) mass is 484 g/mol. The molecule has 33 heavy (non-hydrogen) atoms. The molecule has 172 valence electrons. The Labute approximate surface area is 203 Å². The number of anilines is 1. The van der Waals surface area contributed by atoms with Gasteiger partial charge in [0.05, 0.1) is 11.0 Å². The molecule has 1 fully saturated rings. The van der Waals surface area contributed by atoms with Gasteiger partial charge in [0.25, 0.3) is 5.91 Å². The van der Waals surface area contributed by atoms with E-state index in [1.165, 1.54) is 18.5 Å². The minimum Gasteiger partial charge on any atom is -0.405 e. The molecule has 5 N–H and O–H groups in total. The quantitative estimate of drug-likeness (QED) is 0.441. The number of nitrogens with zero attached hydrogens (tertiary/aromatic N) is 1. The van der Waals surface area contributed by atoms with Crippen molar-refractivity contribution in [1.29, 1.82) is 0 Å². The van der Waals surface area contributed by atoms with Gasteiger partial charge in [0.2, 0.25) is 5.91 Å². The summed E-state index contributed by atoms with van der Waals surface area (Å²) >= 11 is 12.5. The minimum absolute atomic E-state index is 0.0262. The molecular formula is C25H26Cl2N4O2. The predicted octanol–water partition coefficient (Wildman–Crippen LogP) is 3.98. The van der Waals surface area contributed by atoms with Crippen LogP contribution in [0.15, 0.2) is 66.5 Å². The van der Waals surface area contributed by atoms with E-state index in [0.29, 0.717) is 48.0 Å². The molecule has 2 aliphatic heterocycles. The van der Waals surface area contributed by atoms with Crippen molar-refractivity contribution < 1.29 is 9.59 Å². The van der Waals surface area contributed by atoms with Crippen LogP contribution in [0.2, 0.25) is 10.0 Å². The Bertz CT molecular complexity index is 1140. The van der Waals surface area contributed by atoms with Crippen molar-refractivity contribution in [2.24, 2.45) is 17.4 Å². The highest BCUT2D eigenvalue weighted by atomic mass is 35.5. The summed E-state index contributed by atoms with van der Waals surface area (Å²) in [4.78, 5) is 28.2. The number of rotatable bonds is 5. The maximum Gasteiger partial charge on any atom is 0.255 e. The van der Waals surface area contributed by atoms with Crippen LogP contribution in [-0.4, -0.2) is 29.8 Å². The molecule has 2 heterocycles. The summed E-state index contributed by atoms with van der Waals surface area (Å²) in [6.45, 7) is 1.04. The number of carbonyl (C=O) groups excluding carboxylic acids is 2. The summed E-state index contributed by atoms with van der Waals surface area (Å²) in [5, 5.41) is 4.26. The number of hydrogen-bond acceptors (Lipinski definition) is 4. The molecule has 1 atom stereocenters. The smallest absolute Gasteiger partial charge is 0.255 e. The number of likely N-dealkylation sites (tertiary alicyclic amines) is 1. The first-order chi connectivity index (χ1) is 15.9. The molecule has 4 rings (SSSR count). The lowest BCUT2D eigenvalue weighted by atomic mass is 9.64. The van der Waals surface area contributed by atoms with Crippen molar-refractivity contribution in [2.45, 2.75) is 24.7 Å². The lowest BCUT2D eigenvalue weighted by Gasteiger charge is -2.42. The maximum atomic E-state index is 13.6. The van der Waals surface area contributed by atoms with E-state index in [1.807, 2.05) is 36.4 Å². The van der Waals surface area contributed by atoms with Crippen LogP contribution in [-0.2, 0) is 21.4 Å². The number of hydrogen-bond donors (Lipinski definition) is 3. The maximum absolute atomic E-state index is 13.6. The van der Waals surface area contributed by atoms with Gasteiger partial charge in [-0.3, -0.25) is 9.59 Å². The van der Waals surface area contributed by atoms with Gasteiger partial charge in [0, 0.05) is 35.0 Å². The Kier molecular flexibility index (Phi) is 6.68. The number of nitrogens with two attached hydrogens (primary N) is 2. The second kappa shape index (κ2) is 9.49. The third kappa shape index (κ3) is 4.33. The van der Waals surface area contributed by atoms with Crippen molar-refractivity contribution in [2.75, 3.05) is 18.4 Å². The van der Waals surface area contributed by atoms with Crippen molar-refractivity contribution in [3.05, 3.63) is 87.7 Å². The molecule has 0 aliphatic carbocycles. The number of benzene rings is 2. The third-order valence-corrected chi connectivity index (χ3v) is 7.14. The summed E-state index contributed by atoms with van der Waals surface area (Å²) in [7, 11) is 0. The number of halogens is 2. The van der Waals surface area contributed by atoms with Gasteiger partial charge in [-0.05, 0) is 72.8 Å². The lowest BCUT2D eigenvalue weighted by molar-refractivity contribution is -0.129. The molecule has 2 aliphatic rings. The normalized spacial score (nSPS) is 21.3. The van der Waals surface area contributed by atoms with Crippen LogP contribution in [0.4, 0.5) is 5.69 Å². The number of fused-ring (bicyclic) bond motifs is 1. The van der Waals surface area contributed by atoms with E-state index >= 15 is 0 Å². The zero-order valence-corrected chi connectivity index (χ0v) is 19.6. The molecule has 2 aromatic rings. The predicted molar refractivity (Wildman–Crippen MR) is 132 cm³/mol. The van der Waals surface area contributed by atoms with Crippen LogP contribution in [0.3, 0.4) is 0 Å². The molecule has 2 amide bonds. The number of nitrogens with one attached hydrogen (secondary N) is 1. The van der Waals surface area contributed by atoms with E-state index in [-0.39, 0.29) is 17.7 Å². The van der Waals surface area contributed by atoms with Crippen LogP contribution in [0.25, 0.3) is 0 Å². The fourth-order valence-corrected chi connectivity index (χ4v) is 5.50. The van der Waals surface area contributed by atoms with Crippen molar-refractivity contribution >= 4 is 40.7 Å². The molecular weight excluding hydrogens is 459 g/mol. The molecule has 8 heteroatoms. The van der Waals surface area contributed by atoms with Gasteiger partial charge in [-0.2, -0.15) is 0 Å². The Morgan fingerprint density at radius 1 is 1.12 bits per heavy atom. The first-order valence-corrected chi connectivity index (χ1v) is 11.6. The van der Waals surface area contributed by atoms with Crippen molar-refractivity contribution in [3.8, 4) is 0 Å². The first kappa shape index (κ1) is 23.2. The molecule has 0 aromatic heterocycles. The van der Waals surface area contributed by atoms with Gasteiger partial charge >= 0.3 is 0 Å². The van der Waals surface area contributed by atoms with Crippen molar-refractivity contribution in [1.82, 2.24) is 4.90 Å². The molecule has 6 nitrogen and oxygen atoms in total. The molecule has 0 radical (unpaired) electrons. The van der Waals surface area contributed by atoms with Crippen LogP contribution >= 0.6 is 23.2 Å². The average Bonchev–Trinajstić information content (AvgIpc) is 3.08. The topological polar surface area (TPSA) is 101 Å². The first-order valence-electron chi connectivity index (χ1n) is 10.8. The van der Waals surface area contributed by atoms with Crippen LogP contribution in [0.1, 0.15) is 24.0 Å². The summed E-state index contributed by atoms with van der Waals surface area (Å²) < 4.78 is 0. The number of carbonyl (C=O) groups is 2. The summed E-state index contributed by atoms with van der Waals surface area (Å²) in [6, 6.07) is 13.2. The second-order valence-electron chi connectivity index (χ2n) is 8.47. The lowest BCUT2D eigenvalue weighted by Crippen LogP contribution is -2.50. The van der Waals surface area contributed by atoms with E-state index in [4.69, 9.17) is 34.7 Å². The number of amides is 2. The van der Waals surface area contributed by atoms with Gasteiger partial charge in [0.1, 0.15) is 0 Å². The molecule has 2 aromatic carbocycles. The van der Waals surface area contributed by atoms with E-state index < -0.39 is 5.41 Å². The van der Waals surface area contributed by atoms with Gasteiger partial charge in [-0.15, -0.1) is 0 Å². The highest BCUT2D eigenvalue weighted by molar-refractivity contribution is 6.31. The van der Waals surface area contributed by atoms with E-state index in [0.717, 1.165) is 16.8 Å². The molecule has 0 bridgehead atoms. The van der Waals surface area contributed by atoms with E-state index in [2.05, 4.69) is 5.32 Å². The van der Waals surface area contributed by atoms with Gasteiger partial charge in [-0.25, -0.2) is 0 Å². The fourth-order valence-electron chi connectivity index (χ4n) is 5.12. The Morgan fingerprint density at radius 2 is 1.85 bits per heavy atom. The summed E-state index contributed by atoms with van der Waals surface area (Å²) in [5.74, 6) is -0.180. The summed E-state index contributed by atoms with van der Waals surface area (Å²) in [6.07, 6.45) is 5.92. The van der Waals surface area contributed by atoms with Gasteiger partial charge in [0.15, 0.2) is 0 Å². The SMILES string of the molecule is N/C=C\C(=C/N)C(=O)N1CCC(C2(Cc3cccc(Cl)c3)C(=O)Nc3cc(Cl)ccc32)CC1. The van der Waals surface area contributed by atoms with Gasteiger partial charge in [-0.1, -0.05) is 41.4 Å². The van der Waals surface area contributed by atoms with E-state index in [1.54, 1.807) is 11.0 Å². The largest absolute Gasteiger partial charge is 0.405 e. The molecule has 0 saturated carbocycles. The Balaban J connectivity index is 1.67. The van der Waals surface area contributed by atoms with Gasteiger partial charge < -0.3 is 21.7 Å². The highest BCUT2D eigenvalue weighted by Crippen LogP contribution is 2.49. The zero-order valence-electron chi connectivity index (χ0n) is 18.1. The fraction of sp³-hybridized carbons (Fsp3) is 0.280. The number of piperidine rings is 1. The highest BCUT2D eigenvalue weighted by Gasteiger charge is 2.52. The van der Waals surface area contributed by atoms with Crippen LogP contribution in [0, 0.1) is 5.92 Å². The Hall–Kier alpha value is -2.96. The summed E-state index contributed by atoms with van der Waals surface area (Å²) in [5.41, 5.74) is 13.3. The van der Waals surface area contributed by atoms with Crippen LogP contribution in [0.5, 0.6) is 0 Å². The third-order valence-electron chi connectivity index (χ3n) is 6.67. The average molecular weight is 485 g/mol. The molecule has 1 saturated heterocycles. The minimum atomic E-state index is -0.774. The van der Waals surface area contributed by atoms with E-state index in [9.17, 15) is 9.59 Å². The van der Waals surface area contributed by atoms with Crippen molar-refractivity contribution in [3.63, 3.8) is 0 Å². The standard InChI is InChI=1S/C25H26Cl2N4O2/c26-19-3-1-2-16(12-19)14-25(21-5-4-20(27)13-22(21)30-24(25)33)18-7-10-31(11-8-18)23(32)17(15-29)6-9-28/h1-6,9,12-13,15,18H,7-8,10-11,14,28-29H2,(H,30,33)/b9-6-,17-15+. The van der Waals surface area contributed by atoms with Crippen LogP contribution < -0.4 is 16.8 Å². The zero-order chi connectivity index (χ0) is 23.6. The molecule has 0 spiro atoms. The Morgan fingerprint density at radius 3 is 2.52 bits per heavy atom.